The van der Waals surface area contributed by atoms with Crippen LogP contribution < -0.4 is 0 Å². The van der Waals surface area contributed by atoms with Gasteiger partial charge >= 0.3 is 0 Å². The predicted molar refractivity (Wildman–Crippen MR) is 205 cm³/mol. The Morgan fingerprint density at radius 1 is 0.380 bits per heavy atom. The fourth-order valence-electron chi connectivity index (χ4n) is 8.00. The van der Waals surface area contributed by atoms with Crippen molar-refractivity contribution in [1.82, 2.24) is 18.7 Å². The summed E-state index contributed by atoms with van der Waals surface area (Å²) in [4.78, 5) is 5.30. The molecule has 0 fully saturated rings. The van der Waals surface area contributed by atoms with E-state index < -0.39 is 0 Å². The van der Waals surface area contributed by atoms with Crippen LogP contribution in [0, 0.1) is 0 Å². The van der Waals surface area contributed by atoms with Crippen molar-refractivity contribution >= 4 is 65.6 Å². The highest BCUT2D eigenvalue weighted by Gasteiger charge is 2.18. The van der Waals surface area contributed by atoms with Crippen LogP contribution in [0.25, 0.3) is 94.1 Å². The highest BCUT2D eigenvalue weighted by Crippen LogP contribution is 2.38. The molecule has 0 unspecified atom stereocenters. The molecule has 11 aromatic rings. The number of rotatable bonds is 4. The van der Waals surface area contributed by atoms with Gasteiger partial charge in [0.1, 0.15) is 5.82 Å². The first-order valence-corrected chi connectivity index (χ1v) is 16.9. The minimum Gasteiger partial charge on any atom is -0.447 e. The summed E-state index contributed by atoms with van der Waals surface area (Å²) in [5, 5.41) is 7.19. The smallest absolute Gasteiger partial charge is 0.212 e. The Hall–Kier alpha value is -6.85. The highest BCUT2D eigenvalue weighted by molar-refractivity contribution is 6.12. The predicted octanol–water partition coefficient (Wildman–Crippen LogP) is 11.6. The van der Waals surface area contributed by atoms with Crippen LogP contribution in [0.15, 0.2) is 174 Å². The number of pyridine rings is 1. The number of nitrogens with zero attached hydrogens (tertiary/aromatic N) is 4. The van der Waals surface area contributed by atoms with E-state index in [-0.39, 0.29) is 0 Å². The normalized spacial score (nSPS) is 12.0. The van der Waals surface area contributed by atoms with Crippen LogP contribution in [-0.4, -0.2) is 18.7 Å². The third-order valence-corrected chi connectivity index (χ3v) is 10.1. The van der Waals surface area contributed by atoms with Gasteiger partial charge in [0.15, 0.2) is 0 Å². The molecule has 5 nitrogen and oxygen atoms in total. The van der Waals surface area contributed by atoms with Gasteiger partial charge in [-0.1, -0.05) is 91.0 Å². The molecule has 5 aromatic heterocycles. The Morgan fingerprint density at radius 2 is 0.940 bits per heavy atom. The van der Waals surface area contributed by atoms with E-state index in [1.54, 1.807) is 6.26 Å². The van der Waals surface area contributed by atoms with Gasteiger partial charge in [-0.15, -0.1) is 0 Å². The van der Waals surface area contributed by atoms with Crippen molar-refractivity contribution in [3.8, 4) is 28.5 Å². The Bertz CT molecular complexity index is 3060. The Labute approximate surface area is 286 Å². The van der Waals surface area contributed by atoms with E-state index in [1.165, 1.54) is 38.0 Å². The first-order chi connectivity index (χ1) is 24.8. The summed E-state index contributed by atoms with van der Waals surface area (Å²) in [7, 11) is 0. The molecule has 0 N–H and O–H groups in total. The number of aromatic nitrogens is 4. The van der Waals surface area contributed by atoms with Gasteiger partial charge in [-0.25, -0.2) is 4.98 Å². The average Bonchev–Trinajstić information content (AvgIpc) is 3.94. The zero-order valence-electron chi connectivity index (χ0n) is 26.9. The third-order valence-electron chi connectivity index (χ3n) is 10.1. The van der Waals surface area contributed by atoms with Crippen molar-refractivity contribution in [2.45, 2.75) is 0 Å². The molecule has 0 aliphatic carbocycles. The van der Waals surface area contributed by atoms with Crippen LogP contribution in [0.3, 0.4) is 0 Å². The molecule has 0 aliphatic heterocycles. The number of benzene rings is 6. The lowest BCUT2D eigenvalue weighted by Gasteiger charge is -2.12. The minimum atomic E-state index is 0.843. The lowest BCUT2D eigenvalue weighted by molar-refractivity contribution is 0.596. The van der Waals surface area contributed by atoms with Gasteiger partial charge < -0.3 is 8.98 Å². The second kappa shape index (κ2) is 10.3. The average molecular weight is 641 g/mol. The largest absolute Gasteiger partial charge is 0.447 e. The van der Waals surface area contributed by atoms with Gasteiger partial charge in [-0.05, 0) is 72.8 Å². The monoisotopic (exact) mass is 640 g/mol. The summed E-state index contributed by atoms with van der Waals surface area (Å²) in [6.45, 7) is 0. The van der Waals surface area contributed by atoms with Gasteiger partial charge in [0.25, 0.3) is 0 Å². The van der Waals surface area contributed by atoms with Crippen molar-refractivity contribution < 1.29 is 4.42 Å². The second-order valence-electron chi connectivity index (χ2n) is 12.8. The fourth-order valence-corrected chi connectivity index (χ4v) is 8.00. The zero-order chi connectivity index (χ0) is 32.8. The van der Waals surface area contributed by atoms with Gasteiger partial charge in [0.2, 0.25) is 5.71 Å². The van der Waals surface area contributed by atoms with Crippen molar-refractivity contribution in [2.24, 2.45) is 0 Å². The van der Waals surface area contributed by atoms with Crippen molar-refractivity contribution in [3.63, 3.8) is 0 Å². The maximum atomic E-state index is 6.00. The van der Waals surface area contributed by atoms with E-state index in [2.05, 4.69) is 171 Å². The van der Waals surface area contributed by atoms with E-state index in [0.717, 1.165) is 56.1 Å². The van der Waals surface area contributed by atoms with Crippen molar-refractivity contribution in [2.75, 3.05) is 0 Å². The molecule has 0 saturated carbocycles. The highest BCUT2D eigenvalue weighted by atomic mass is 16.3. The number of hydrogen-bond acceptors (Lipinski definition) is 2. The molecule has 6 aromatic carbocycles. The quantitative estimate of drug-likeness (QED) is 0.192. The van der Waals surface area contributed by atoms with Crippen molar-refractivity contribution in [1.29, 1.82) is 0 Å². The standard InChI is InChI=1S/C45H28N4O/c1-5-18-39-32(13-1)33-14-2-6-19-40(33)47(39)31-23-24-43-37(28-31)35-16-4-8-21-42(35)49(43)44-22-10-17-38(46-44)29-11-9-12-30(27-29)48-41-20-7-3-15-34(41)36-25-26-50-45(36)48/h1-28H. The second-order valence-corrected chi connectivity index (χ2v) is 12.8. The summed E-state index contributed by atoms with van der Waals surface area (Å²) >= 11 is 0. The summed E-state index contributed by atoms with van der Waals surface area (Å²) in [6.07, 6.45) is 1.76. The SMILES string of the molecule is c1cc(-c2cccc(-n3c4ccccc4c4cc(-n5c6ccccc6c6ccccc65)ccc43)n2)cc(-n2c3ccccc3c3ccoc32)c1. The molecule has 0 bridgehead atoms. The fraction of sp³-hybridized carbons (Fsp3) is 0. The molecule has 0 saturated heterocycles. The molecule has 5 heteroatoms. The van der Waals surface area contributed by atoms with E-state index >= 15 is 0 Å². The summed E-state index contributed by atoms with van der Waals surface area (Å²) in [5.41, 5.74) is 10.7. The number of para-hydroxylation sites is 4. The number of fused-ring (bicyclic) bond motifs is 9. The molecule has 50 heavy (non-hydrogen) atoms. The Morgan fingerprint density at radius 3 is 1.66 bits per heavy atom. The van der Waals surface area contributed by atoms with E-state index in [0.29, 0.717) is 0 Å². The Balaban J connectivity index is 1.08. The first-order valence-electron chi connectivity index (χ1n) is 16.9. The molecular formula is C45H28N4O. The maximum absolute atomic E-state index is 6.00. The van der Waals surface area contributed by atoms with Gasteiger partial charge in [0, 0.05) is 49.3 Å². The van der Waals surface area contributed by atoms with Crippen LogP contribution in [0.2, 0.25) is 0 Å². The van der Waals surface area contributed by atoms with Crippen LogP contribution in [-0.2, 0) is 0 Å². The van der Waals surface area contributed by atoms with Crippen LogP contribution in [0.1, 0.15) is 0 Å². The molecule has 0 radical (unpaired) electrons. The minimum absolute atomic E-state index is 0.843. The molecule has 11 rings (SSSR count). The van der Waals surface area contributed by atoms with E-state index in [1.807, 2.05) is 6.07 Å². The number of hydrogen-bond donors (Lipinski definition) is 0. The summed E-state index contributed by atoms with van der Waals surface area (Å²) in [5.74, 6) is 0.878. The van der Waals surface area contributed by atoms with Gasteiger partial charge in [-0.3, -0.25) is 9.13 Å². The van der Waals surface area contributed by atoms with Crippen LogP contribution in [0.5, 0.6) is 0 Å². The summed E-state index contributed by atoms with van der Waals surface area (Å²) < 4.78 is 12.9. The summed E-state index contributed by atoms with van der Waals surface area (Å²) in [6, 6.07) is 58.1. The third kappa shape index (κ3) is 3.80. The van der Waals surface area contributed by atoms with E-state index in [4.69, 9.17) is 9.40 Å². The van der Waals surface area contributed by atoms with Crippen LogP contribution in [0.4, 0.5) is 0 Å². The molecule has 0 spiro atoms. The van der Waals surface area contributed by atoms with Crippen molar-refractivity contribution in [3.05, 3.63) is 170 Å². The molecule has 0 aliphatic rings. The topological polar surface area (TPSA) is 40.8 Å². The lowest BCUT2D eigenvalue weighted by Crippen LogP contribution is -1.99. The molecule has 5 heterocycles. The Kier molecular flexibility index (Phi) is 5.60. The molecule has 0 atom stereocenters. The lowest BCUT2D eigenvalue weighted by atomic mass is 10.1. The number of furan rings is 1. The molecular weight excluding hydrogens is 613 g/mol. The van der Waals surface area contributed by atoms with Gasteiger partial charge in [-0.2, -0.15) is 0 Å². The zero-order valence-corrected chi connectivity index (χ0v) is 26.9. The maximum Gasteiger partial charge on any atom is 0.212 e. The van der Waals surface area contributed by atoms with Crippen LogP contribution >= 0.6 is 0 Å². The van der Waals surface area contributed by atoms with E-state index in [9.17, 15) is 0 Å². The molecule has 234 valence electrons. The van der Waals surface area contributed by atoms with Gasteiger partial charge in [0.05, 0.1) is 39.5 Å². The first kappa shape index (κ1) is 27.1. The molecule has 0 amide bonds.